The maximum absolute atomic E-state index is 12.7. The highest BCUT2D eigenvalue weighted by Crippen LogP contribution is 2.39. The van der Waals surface area contributed by atoms with Crippen LogP contribution in [0, 0.1) is 12.8 Å². The molecule has 2 atom stereocenters. The molecule has 0 aromatic heterocycles. The second-order valence-corrected chi connectivity index (χ2v) is 7.72. The lowest BCUT2D eigenvalue weighted by molar-refractivity contribution is 0.260. The number of aryl methyl sites for hydroxylation is 1. The van der Waals surface area contributed by atoms with Crippen LogP contribution < -0.4 is 0 Å². The topological polar surface area (TPSA) is 37.4 Å². The largest absolute Gasteiger partial charge is 0.243 e. The third-order valence-electron chi connectivity index (χ3n) is 4.59. The summed E-state index contributed by atoms with van der Waals surface area (Å²) in [6.07, 6.45) is 5.71. The van der Waals surface area contributed by atoms with Crippen LogP contribution in [-0.2, 0) is 10.0 Å². The standard InChI is InChI=1S/C15H21NO2S/c1-12-6-8-14(9-7-12)19(17,18)16-11-10-13-4-2-3-5-15(13)16/h6-9,13,15H,2-5,10-11H2,1H3/t13-,15-/m0/s1. The summed E-state index contributed by atoms with van der Waals surface area (Å²) in [6, 6.07) is 7.48. The van der Waals surface area contributed by atoms with Gasteiger partial charge in [0.1, 0.15) is 0 Å². The summed E-state index contributed by atoms with van der Waals surface area (Å²) in [5.74, 6) is 0.592. The molecule has 2 fully saturated rings. The SMILES string of the molecule is Cc1ccc(S(=O)(=O)N2CC[C@@H]3CCCC[C@@H]32)cc1. The lowest BCUT2D eigenvalue weighted by Gasteiger charge is -2.31. The van der Waals surface area contributed by atoms with E-state index >= 15 is 0 Å². The number of fused-ring (bicyclic) bond motifs is 1. The fourth-order valence-corrected chi connectivity index (χ4v) is 5.24. The number of rotatable bonds is 2. The van der Waals surface area contributed by atoms with Gasteiger partial charge in [0, 0.05) is 12.6 Å². The van der Waals surface area contributed by atoms with E-state index in [4.69, 9.17) is 0 Å². The predicted molar refractivity (Wildman–Crippen MR) is 75.4 cm³/mol. The average Bonchev–Trinajstić information content (AvgIpc) is 2.83. The molecule has 1 aromatic carbocycles. The molecule has 1 saturated carbocycles. The molecule has 0 spiro atoms. The Kier molecular flexibility index (Phi) is 3.39. The van der Waals surface area contributed by atoms with Gasteiger partial charge >= 0.3 is 0 Å². The van der Waals surface area contributed by atoms with E-state index in [2.05, 4.69) is 0 Å². The summed E-state index contributed by atoms with van der Waals surface area (Å²) in [5, 5.41) is 0. The zero-order chi connectivity index (χ0) is 13.5. The summed E-state index contributed by atoms with van der Waals surface area (Å²) < 4.78 is 27.2. The van der Waals surface area contributed by atoms with Crippen molar-refractivity contribution in [2.75, 3.05) is 6.54 Å². The molecule has 4 heteroatoms. The predicted octanol–water partition coefficient (Wildman–Crippen LogP) is 2.95. The van der Waals surface area contributed by atoms with Crippen LogP contribution in [0.15, 0.2) is 29.2 Å². The summed E-state index contributed by atoms with van der Waals surface area (Å²) in [6.45, 7) is 2.68. The van der Waals surface area contributed by atoms with E-state index in [9.17, 15) is 8.42 Å². The van der Waals surface area contributed by atoms with Crippen LogP contribution in [0.2, 0.25) is 0 Å². The minimum absolute atomic E-state index is 0.250. The molecule has 0 radical (unpaired) electrons. The Morgan fingerprint density at radius 3 is 2.47 bits per heavy atom. The molecule has 3 rings (SSSR count). The Morgan fingerprint density at radius 2 is 1.74 bits per heavy atom. The van der Waals surface area contributed by atoms with Crippen molar-refractivity contribution in [2.45, 2.75) is 50.0 Å². The maximum Gasteiger partial charge on any atom is 0.243 e. The van der Waals surface area contributed by atoms with Gasteiger partial charge in [-0.1, -0.05) is 30.5 Å². The molecule has 3 nitrogen and oxygen atoms in total. The van der Waals surface area contributed by atoms with Crippen LogP contribution in [0.5, 0.6) is 0 Å². The Labute approximate surface area is 115 Å². The third kappa shape index (κ3) is 2.32. The fourth-order valence-electron chi connectivity index (χ4n) is 3.51. The van der Waals surface area contributed by atoms with Gasteiger partial charge in [0.05, 0.1) is 4.90 Å². The van der Waals surface area contributed by atoms with Crippen molar-refractivity contribution in [3.05, 3.63) is 29.8 Å². The van der Waals surface area contributed by atoms with Gasteiger partial charge in [0.15, 0.2) is 0 Å². The smallest absolute Gasteiger partial charge is 0.207 e. The molecule has 104 valence electrons. The molecule has 2 aliphatic rings. The van der Waals surface area contributed by atoms with Crippen LogP contribution in [0.3, 0.4) is 0 Å². The molecule has 0 bridgehead atoms. The van der Waals surface area contributed by atoms with Crippen LogP contribution in [0.1, 0.15) is 37.7 Å². The van der Waals surface area contributed by atoms with Crippen molar-refractivity contribution in [1.82, 2.24) is 4.31 Å². The fraction of sp³-hybridized carbons (Fsp3) is 0.600. The van der Waals surface area contributed by atoms with E-state index in [1.54, 1.807) is 16.4 Å². The highest BCUT2D eigenvalue weighted by Gasteiger charge is 2.42. The van der Waals surface area contributed by atoms with Gasteiger partial charge in [-0.15, -0.1) is 0 Å². The van der Waals surface area contributed by atoms with Crippen molar-refractivity contribution in [3.63, 3.8) is 0 Å². The Balaban J connectivity index is 1.90. The second-order valence-electron chi connectivity index (χ2n) is 5.83. The molecule has 1 heterocycles. The lowest BCUT2D eigenvalue weighted by Crippen LogP contribution is -2.39. The number of hydrogen-bond acceptors (Lipinski definition) is 2. The van der Waals surface area contributed by atoms with Crippen LogP contribution >= 0.6 is 0 Å². The summed E-state index contributed by atoms with van der Waals surface area (Å²) in [4.78, 5) is 0.448. The van der Waals surface area contributed by atoms with E-state index in [1.165, 1.54) is 19.3 Å². The first kappa shape index (κ1) is 13.1. The lowest BCUT2D eigenvalue weighted by atomic mass is 9.86. The van der Waals surface area contributed by atoms with E-state index in [1.807, 2.05) is 19.1 Å². The van der Waals surface area contributed by atoms with Crippen LogP contribution in [0.4, 0.5) is 0 Å². The average molecular weight is 279 g/mol. The van der Waals surface area contributed by atoms with Gasteiger partial charge < -0.3 is 0 Å². The van der Waals surface area contributed by atoms with Gasteiger partial charge in [0.2, 0.25) is 10.0 Å². The number of benzene rings is 1. The number of hydrogen-bond donors (Lipinski definition) is 0. The Bertz CT molecular complexity index is 550. The number of nitrogens with zero attached hydrogens (tertiary/aromatic N) is 1. The summed E-state index contributed by atoms with van der Waals surface area (Å²) in [5.41, 5.74) is 1.09. The van der Waals surface area contributed by atoms with Crippen molar-refractivity contribution in [2.24, 2.45) is 5.92 Å². The monoisotopic (exact) mass is 279 g/mol. The Hall–Kier alpha value is -0.870. The molecule has 1 saturated heterocycles. The first-order valence-electron chi connectivity index (χ1n) is 7.17. The molecule has 0 unspecified atom stereocenters. The van der Waals surface area contributed by atoms with Gasteiger partial charge in [0.25, 0.3) is 0 Å². The van der Waals surface area contributed by atoms with Crippen molar-refractivity contribution < 1.29 is 8.42 Å². The van der Waals surface area contributed by atoms with Gasteiger partial charge in [-0.25, -0.2) is 8.42 Å². The second kappa shape index (κ2) is 4.91. The zero-order valence-corrected chi connectivity index (χ0v) is 12.2. The molecule has 0 amide bonds. The first-order chi connectivity index (χ1) is 9.09. The number of sulfonamides is 1. The Morgan fingerprint density at radius 1 is 1.05 bits per heavy atom. The zero-order valence-electron chi connectivity index (χ0n) is 11.4. The minimum atomic E-state index is -3.29. The molecular weight excluding hydrogens is 258 g/mol. The first-order valence-corrected chi connectivity index (χ1v) is 8.61. The van der Waals surface area contributed by atoms with E-state index < -0.39 is 10.0 Å². The van der Waals surface area contributed by atoms with Crippen molar-refractivity contribution in [1.29, 1.82) is 0 Å². The highest BCUT2D eigenvalue weighted by atomic mass is 32.2. The highest BCUT2D eigenvalue weighted by molar-refractivity contribution is 7.89. The molecular formula is C15H21NO2S. The van der Waals surface area contributed by atoms with Crippen LogP contribution in [0.25, 0.3) is 0 Å². The normalized spacial score (nSPS) is 28.3. The molecule has 0 N–H and O–H groups in total. The van der Waals surface area contributed by atoms with Gasteiger partial charge in [-0.3, -0.25) is 0 Å². The van der Waals surface area contributed by atoms with E-state index in [-0.39, 0.29) is 6.04 Å². The molecule has 1 aliphatic carbocycles. The van der Waals surface area contributed by atoms with Crippen molar-refractivity contribution in [3.8, 4) is 0 Å². The van der Waals surface area contributed by atoms with Crippen LogP contribution in [-0.4, -0.2) is 25.3 Å². The van der Waals surface area contributed by atoms with E-state index in [0.29, 0.717) is 17.4 Å². The summed E-state index contributed by atoms with van der Waals surface area (Å²) in [7, 11) is -3.29. The van der Waals surface area contributed by atoms with Gasteiger partial charge in [-0.05, 0) is 44.2 Å². The third-order valence-corrected chi connectivity index (χ3v) is 6.53. The molecule has 1 aromatic rings. The summed E-state index contributed by atoms with van der Waals surface area (Å²) >= 11 is 0. The van der Waals surface area contributed by atoms with Crippen molar-refractivity contribution >= 4 is 10.0 Å². The molecule has 1 aliphatic heterocycles. The minimum Gasteiger partial charge on any atom is -0.207 e. The quantitative estimate of drug-likeness (QED) is 0.834. The van der Waals surface area contributed by atoms with E-state index in [0.717, 1.165) is 18.4 Å². The maximum atomic E-state index is 12.7. The molecule has 19 heavy (non-hydrogen) atoms. The van der Waals surface area contributed by atoms with Gasteiger partial charge in [-0.2, -0.15) is 4.31 Å².